The first-order valence-electron chi connectivity index (χ1n) is 7.41. The number of nitrogens with zero attached hydrogens (tertiary/aromatic N) is 3. The molecule has 128 valence electrons. The molecule has 2 atom stereocenters. The minimum Gasteiger partial charge on any atom is -0.391 e. The highest BCUT2D eigenvalue weighted by molar-refractivity contribution is 5.94. The van der Waals surface area contributed by atoms with E-state index in [1.54, 1.807) is 7.05 Å². The molecule has 1 aromatic heterocycles. The Kier molecular flexibility index (Phi) is 4.08. The van der Waals surface area contributed by atoms with Crippen LogP contribution in [0.4, 0.5) is 13.2 Å². The number of aliphatic hydroxyl groups excluding tert-OH is 1. The molecule has 3 rings (SSSR count). The van der Waals surface area contributed by atoms with Crippen molar-refractivity contribution in [3.05, 3.63) is 53.3 Å². The van der Waals surface area contributed by atoms with E-state index in [2.05, 4.69) is 5.10 Å². The molecule has 5 nitrogen and oxygen atoms in total. The van der Waals surface area contributed by atoms with Crippen LogP contribution in [0.15, 0.2) is 36.7 Å². The van der Waals surface area contributed by atoms with E-state index in [0.29, 0.717) is 0 Å². The zero-order valence-electron chi connectivity index (χ0n) is 12.9. The maximum atomic E-state index is 13.3. The molecule has 1 fully saturated rings. The largest absolute Gasteiger partial charge is 0.416 e. The van der Waals surface area contributed by atoms with Gasteiger partial charge in [-0.1, -0.05) is 18.2 Å². The van der Waals surface area contributed by atoms with Crippen LogP contribution in [0.25, 0.3) is 0 Å². The van der Waals surface area contributed by atoms with Gasteiger partial charge in [0.05, 0.1) is 29.5 Å². The van der Waals surface area contributed by atoms with E-state index in [1.807, 2.05) is 0 Å². The van der Waals surface area contributed by atoms with Crippen LogP contribution in [-0.4, -0.2) is 38.3 Å². The van der Waals surface area contributed by atoms with Gasteiger partial charge in [0.15, 0.2) is 0 Å². The van der Waals surface area contributed by atoms with Crippen LogP contribution in [0.3, 0.4) is 0 Å². The molecule has 1 saturated heterocycles. The Morgan fingerprint density at radius 3 is 2.67 bits per heavy atom. The highest BCUT2D eigenvalue weighted by atomic mass is 19.4. The molecule has 1 aliphatic heterocycles. The number of aliphatic hydroxyl groups is 1. The van der Waals surface area contributed by atoms with Gasteiger partial charge in [0.1, 0.15) is 0 Å². The van der Waals surface area contributed by atoms with E-state index in [9.17, 15) is 23.1 Å². The zero-order valence-corrected chi connectivity index (χ0v) is 12.9. The van der Waals surface area contributed by atoms with Crippen LogP contribution in [0, 0.1) is 0 Å². The molecule has 0 aliphatic carbocycles. The van der Waals surface area contributed by atoms with Crippen molar-refractivity contribution in [3.8, 4) is 0 Å². The molecule has 0 bridgehead atoms. The molecule has 24 heavy (non-hydrogen) atoms. The summed E-state index contributed by atoms with van der Waals surface area (Å²) < 4.78 is 41.3. The predicted molar refractivity (Wildman–Crippen MR) is 79.1 cm³/mol. The second-order valence-corrected chi connectivity index (χ2v) is 5.85. The number of halogens is 3. The van der Waals surface area contributed by atoms with Crippen molar-refractivity contribution in [2.24, 2.45) is 7.05 Å². The van der Waals surface area contributed by atoms with Crippen LogP contribution in [0.2, 0.25) is 0 Å². The Bertz CT molecular complexity index is 757. The third-order valence-corrected chi connectivity index (χ3v) is 4.12. The van der Waals surface area contributed by atoms with Gasteiger partial charge in [-0.25, -0.2) is 0 Å². The monoisotopic (exact) mass is 339 g/mol. The molecule has 0 saturated carbocycles. The maximum Gasteiger partial charge on any atom is 0.416 e. The Hall–Kier alpha value is -2.35. The highest BCUT2D eigenvalue weighted by Gasteiger charge is 2.41. The van der Waals surface area contributed by atoms with E-state index in [-0.39, 0.29) is 24.1 Å². The van der Waals surface area contributed by atoms with Gasteiger partial charge in [-0.05, 0) is 18.1 Å². The second kappa shape index (κ2) is 5.94. The van der Waals surface area contributed by atoms with Crippen molar-refractivity contribution in [2.75, 3.05) is 6.54 Å². The fourth-order valence-corrected chi connectivity index (χ4v) is 3.08. The van der Waals surface area contributed by atoms with Crippen LogP contribution < -0.4 is 0 Å². The lowest BCUT2D eigenvalue weighted by atomic mass is 9.97. The molecule has 2 aromatic rings. The van der Waals surface area contributed by atoms with Crippen LogP contribution in [0.1, 0.15) is 33.9 Å². The van der Waals surface area contributed by atoms with Gasteiger partial charge < -0.3 is 10.0 Å². The van der Waals surface area contributed by atoms with Gasteiger partial charge in [-0.2, -0.15) is 18.3 Å². The summed E-state index contributed by atoms with van der Waals surface area (Å²) in [4.78, 5) is 13.9. The van der Waals surface area contributed by atoms with Gasteiger partial charge in [-0.15, -0.1) is 0 Å². The summed E-state index contributed by atoms with van der Waals surface area (Å²) in [5.74, 6) is -0.443. The summed E-state index contributed by atoms with van der Waals surface area (Å²) in [6.07, 6.45) is -2.46. The molecule has 1 amide bonds. The quantitative estimate of drug-likeness (QED) is 0.914. The van der Waals surface area contributed by atoms with E-state index in [1.165, 1.54) is 40.2 Å². The Balaban J connectivity index is 1.99. The van der Waals surface area contributed by atoms with Crippen molar-refractivity contribution in [1.82, 2.24) is 14.7 Å². The average Bonchev–Trinajstić information content (AvgIpc) is 3.12. The molecule has 1 aromatic carbocycles. The number of aryl methyl sites for hydroxylation is 1. The predicted octanol–water partition coefficient (Wildman–Crippen LogP) is 2.39. The number of amides is 1. The summed E-state index contributed by atoms with van der Waals surface area (Å²) in [5.41, 5.74) is -0.507. The molecule has 0 spiro atoms. The summed E-state index contributed by atoms with van der Waals surface area (Å²) in [6.45, 7) is -0.00934. The van der Waals surface area contributed by atoms with Gasteiger partial charge in [0.2, 0.25) is 0 Å². The first kappa shape index (κ1) is 16.5. The highest BCUT2D eigenvalue weighted by Crippen LogP contribution is 2.40. The summed E-state index contributed by atoms with van der Waals surface area (Å²) in [6, 6.07) is 4.33. The van der Waals surface area contributed by atoms with Crippen molar-refractivity contribution in [1.29, 1.82) is 0 Å². The average molecular weight is 339 g/mol. The zero-order chi connectivity index (χ0) is 17.5. The number of hydrogen-bond acceptors (Lipinski definition) is 3. The molecule has 8 heteroatoms. The molecule has 2 heterocycles. The Morgan fingerprint density at radius 1 is 1.33 bits per heavy atom. The Labute approximate surface area is 136 Å². The third-order valence-electron chi connectivity index (χ3n) is 4.12. The summed E-state index contributed by atoms with van der Waals surface area (Å²) in [7, 11) is 1.64. The van der Waals surface area contributed by atoms with Crippen LogP contribution in [0.5, 0.6) is 0 Å². The van der Waals surface area contributed by atoms with Crippen molar-refractivity contribution in [3.63, 3.8) is 0 Å². The fourth-order valence-electron chi connectivity index (χ4n) is 3.08. The number of carbonyl (C=O) groups is 1. The number of aromatic nitrogens is 2. The third kappa shape index (κ3) is 3.01. The van der Waals surface area contributed by atoms with E-state index >= 15 is 0 Å². The van der Waals surface area contributed by atoms with Gasteiger partial charge in [-0.3, -0.25) is 9.48 Å². The van der Waals surface area contributed by atoms with E-state index in [0.717, 1.165) is 6.07 Å². The molecule has 1 aliphatic rings. The lowest BCUT2D eigenvalue weighted by molar-refractivity contribution is -0.138. The topological polar surface area (TPSA) is 58.4 Å². The van der Waals surface area contributed by atoms with Crippen molar-refractivity contribution in [2.45, 2.75) is 24.7 Å². The lowest BCUT2D eigenvalue weighted by Gasteiger charge is -2.26. The first-order chi connectivity index (χ1) is 11.3. The van der Waals surface area contributed by atoms with Crippen molar-refractivity contribution < 1.29 is 23.1 Å². The van der Waals surface area contributed by atoms with Gasteiger partial charge >= 0.3 is 6.18 Å². The molecule has 0 unspecified atom stereocenters. The first-order valence-corrected chi connectivity index (χ1v) is 7.41. The number of rotatable bonds is 2. The minimum absolute atomic E-state index is 0.00112. The smallest absolute Gasteiger partial charge is 0.391 e. The molecule has 1 N–H and O–H groups in total. The molecule has 0 radical (unpaired) electrons. The lowest BCUT2D eigenvalue weighted by Crippen LogP contribution is -2.32. The number of hydrogen-bond donors (Lipinski definition) is 1. The van der Waals surface area contributed by atoms with Gasteiger partial charge in [0, 0.05) is 19.8 Å². The summed E-state index contributed by atoms with van der Waals surface area (Å²) in [5, 5.41) is 13.8. The fraction of sp³-hybridized carbons (Fsp3) is 0.375. The number of alkyl halides is 3. The minimum atomic E-state index is -4.52. The molecular weight excluding hydrogens is 323 g/mol. The number of benzene rings is 1. The summed E-state index contributed by atoms with van der Waals surface area (Å²) >= 11 is 0. The normalized spacial score (nSPS) is 21.3. The second-order valence-electron chi connectivity index (χ2n) is 5.85. The number of carbonyl (C=O) groups excluding carboxylic acids is 1. The van der Waals surface area contributed by atoms with E-state index in [4.69, 9.17) is 0 Å². The maximum absolute atomic E-state index is 13.3. The number of β-amino-alcohol motifs (C(OH)–C–C–N with tert-alkyl or cyclic N) is 1. The molecular formula is C16H16F3N3O2. The SMILES string of the molecule is Cn1cc(C(=O)N2C[C@H](O)C[C@@H]2c2ccccc2C(F)(F)F)cn1. The van der Waals surface area contributed by atoms with Crippen LogP contribution in [-0.2, 0) is 13.2 Å². The van der Waals surface area contributed by atoms with Gasteiger partial charge in [0.25, 0.3) is 5.91 Å². The number of likely N-dealkylation sites (tertiary alicyclic amines) is 1. The van der Waals surface area contributed by atoms with Crippen molar-refractivity contribution >= 4 is 5.91 Å². The standard InChI is InChI=1S/C16H16F3N3O2/c1-21-8-10(7-20-21)15(24)22-9-11(23)6-14(22)12-4-2-3-5-13(12)16(17,18)19/h2-5,7-8,11,14,23H,6,9H2,1H3/t11-,14-/m1/s1. The van der Waals surface area contributed by atoms with Crippen LogP contribution >= 0.6 is 0 Å². The Morgan fingerprint density at radius 2 is 2.04 bits per heavy atom. The van der Waals surface area contributed by atoms with E-state index < -0.39 is 29.8 Å².